The second-order valence-corrected chi connectivity index (χ2v) is 7.62. The number of aryl methyl sites for hydroxylation is 1. The Morgan fingerprint density at radius 2 is 2.12 bits per heavy atom. The molecule has 132 valence electrons. The monoisotopic (exact) mass is 357 g/mol. The van der Waals surface area contributed by atoms with Gasteiger partial charge in [-0.2, -0.15) is 0 Å². The zero-order valence-electron chi connectivity index (χ0n) is 14.9. The molecule has 5 nitrogen and oxygen atoms in total. The fraction of sp³-hybridized carbons (Fsp3) is 0.421. The van der Waals surface area contributed by atoms with Crippen LogP contribution in [0.2, 0.25) is 0 Å². The third kappa shape index (κ3) is 4.07. The molecule has 2 aromatic rings. The molecular formula is C19H23N3O2S. The Hall–Kier alpha value is -2.21. The lowest BCUT2D eigenvalue weighted by Gasteiger charge is -2.34. The number of rotatable bonds is 4. The van der Waals surface area contributed by atoms with Gasteiger partial charge in [0.2, 0.25) is 5.91 Å². The van der Waals surface area contributed by atoms with Gasteiger partial charge in [-0.15, -0.1) is 11.3 Å². The van der Waals surface area contributed by atoms with Crippen LogP contribution in [0, 0.1) is 6.92 Å². The summed E-state index contributed by atoms with van der Waals surface area (Å²) in [5.41, 5.74) is 3.23. The van der Waals surface area contributed by atoms with Gasteiger partial charge in [0.25, 0.3) is 5.91 Å². The van der Waals surface area contributed by atoms with Gasteiger partial charge < -0.3 is 9.80 Å². The maximum absolute atomic E-state index is 12.6. The molecular weight excluding hydrogens is 334 g/mol. The predicted molar refractivity (Wildman–Crippen MR) is 98.7 cm³/mol. The number of carbonyl (C=O) groups excluding carboxylic acids is 2. The summed E-state index contributed by atoms with van der Waals surface area (Å²) < 4.78 is 0. The molecule has 3 rings (SSSR count). The van der Waals surface area contributed by atoms with Gasteiger partial charge in [-0.3, -0.25) is 9.59 Å². The van der Waals surface area contributed by atoms with Crippen molar-refractivity contribution >= 4 is 23.2 Å². The van der Waals surface area contributed by atoms with E-state index < -0.39 is 0 Å². The van der Waals surface area contributed by atoms with Crippen LogP contribution < -0.4 is 0 Å². The fourth-order valence-corrected chi connectivity index (χ4v) is 3.81. The minimum absolute atomic E-state index is 0.0123. The van der Waals surface area contributed by atoms with Crippen LogP contribution in [0.4, 0.5) is 0 Å². The van der Waals surface area contributed by atoms with Crippen molar-refractivity contribution in [2.45, 2.75) is 33.2 Å². The van der Waals surface area contributed by atoms with Gasteiger partial charge in [0.15, 0.2) is 5.01 Å². The lowest BCUT2D eigenvalue weighted by Crippen LogP contribution is -2.51. The van der Waals surface area contributed by atoms with Gasteiger partial charge in [-0.05, 0) is 18.4 Å². The predicted octanol–water partition coefficient (Wildman–Crippen LogP) is 3.06. The zero-order chi connectivity index (χ0) is 18.0. The number of hydrogen-bond acceptors (Lipinski definition) is 4. The van der Waals surface area contributed by atoms with E-state index in [9.17, 15) is 9.59 Å². The molecule has 1 aliphatic rings. The Labute approximate surface area is 152 Å². The lowest BCUT2D eigenvalue weighted by molar-refractivity contribution is -0.135. The SMILES string of the molecule is Cc1cccc(CN2CCN(C(=O)c3nc(C(C)C)cs3)CC2=O)c1. The molecule has 0 aliphatic carbocycles. The molecule has 0 saturated carbocycles. The average Bonchev–Trinajstić information content (AvgIpc) is 3.06. The van der Waals surface area contributed by atoms with Crippen LogP contribution in [0.3, 0.4) is 0 Å². The van der Waals surface area contributed by atoms with Crippen LogP contribution in [0.5, 0.6) is 0 Å². The Morgan fingerprint density at radius 3 is 2.76 bits per heavy atom. The first-order valence-corrected chi connectivity index (χ1v) is 9.40. The molecule has 0 atom stereocenters. The second kappa shape index (κ2) is 7.35. The molecule has 1 aliphatic heterocycles. The summed E-state index contributed by atoms with van der Waals surface area (Å²) in [6.45, 7) is 7.97. The van der Waals surface area contributed by atoms with E-state index in [2.05, 4.69) is 24.9 Å². The summed E-state index contributed by atoms with van der Waals surface area (Å²) in [6.07, 6.45) is 0. The highest BCUT2D eigenvalue weighted by Crippen LogP contribution is 2.20. The van der Waals surface area contributed by atoms with Crippen molar-refractivity contribution in [2.24, 2.45) is 0 Å². The highest BCUT2D eigenvalue weighted by Gasteiger charge is 2.29. The largest absolute Gasteiger partial charge is 0.335 e. The molecule has 1 aromatic heterocycles. The third-order valence-corrected chi connectivity index (χ3v) is 5.21. The summed E-state index contributed by atoms with van der Waals surface area (Å²) in [5.74, 6) is 0.146. The van der Waals surface area contributed by atoms with Crippen LogP contribution >= 0.6 is 11.3 Å². The summed E-state index contributed by atoms with van der Waals surface area (Å²) in [5, 5.41) is 2.40. The Bertz CT molecular complexity index is 784. The van der Waals surface area contributed by atoms with E-state index in [1.165, 1.54) is 16.9 Å². The maximum Gasteiger partial charge on any atom is 0.283 e. The Balaban J connectivity index is 1.62. The minimum atomic E-state index is -0.138. The highest BCUT2D eigenvalue weighted by molar-refractivity contribution is 7.11. The molecule has 1 saturated heterocycles. The molecule has 25 heavy (non-hydrogen) atoms. The van der Waals surface area contributed by atoms with E-state index in [0.29, 0.717) is 30.6 Å². The number of benzene rings is 1. The van der Waals surface area contributed by atoms with Gasteiger partial charge in [-0.1, -0.05) is 43.7 Å². The third-order valence-electron chi connectivity index (χ3n) is 4.36. The van der Waals surface area contributed by atoms with E-state index >= 15 is 0 Å². The smallest absolute Gasteiger partial charge is 0.283 e. The molecule has 1 fully saturated rings. The molecule has 6 heteroatoms. The Kier molecular flexibility index (Phi) is 5.18. The number of carbonyl (C=O) groups is 2. The first kappa shape index (κ1) is 17.6. The molecule has 1 aromatic carbocycles. The minimum Gasteiger partial charge on any atom is -0.335 e. The zero-order valence-corrected chi connectivity index (χ0v) is 15.7. The molecule has 0 radical (unpaired) electrons. The number of aromatic nitrogens is 1. The van der Waals surface area contributed by atoms with Gasteiger partial charge in [0, 0.05) is 25.0 Å². The number of hydrogen-bond donors (Lipinski definition) is 0. The molecule has 0 unspecified atom stereocenters. The van der Waals surface area contributed by atoms with Crippen molar-refractivity contribution < 1.29 is 9.59 Å². The van der Waals surface area contributed by atoms with Crippen molar-refractivity contribution in [1.29, 1.82) is 0 Å². The van der Waals surface area contributed by atoms with E-state index in [1.54, 1.807) is 4.90 Å². The summed E-state index contributed by atoms with van der Waals surface area (Å²) >= 11 is 1.36. The quantitative estimate of drug-likeness (QED) is 0.845. The van der Waals surface area contributed by atoms with Crippen molar-refractivity contribution in [1.82, 2.24) is 14.8 Å². The van der Waals surface area contributed by atoms with Crippen LogP contribution in [0.15, 0.2) is 29.6 Å². The van der Waals surface area contributed by atoms with Crippen molar-refractivity contribution in [3.8, 4) is 0 Å². The van der Waals surface area contributed by atoms with Gasteiger partial charge >= 0.3 is 0 Å². The number of nitrogens with zero attached hydrogens (tertiary/aromatic N) is 3. The van der Waals surface area contributed by atoms with Gasteiger partial charge in [-0.25, -0.2) is 4.98 Å². The van der Waals surface area contributed by atoms with Crippen LogP contribution in [0.25, 0.3) is 0 Å². The van der Waals surface area contributed by atoms with Gasteiger partial charge in [0.05, 0.1) is 5.69 Å². The van der Waals surface area contributed by atoms with Gasteiger partial charge in [0.1, 0.15) is 6.54 Å². The number of thiazole rings is 1. The number of piperazine rings is 1. The Morgan fingerprint density at radius 1 is 1.32 bits per heavy atom. The van der Waals surface area contributed by atoms with Crippen molar-refractivity contribution in [3.63, 3.8) is 0 Å². The first-order chi connectivity index (χ1) is 11.9. The molecule has 2 amide bonds. The van der Waals surface area contributed by atoms with Crippen LogP contribution in [0.1, 0.15) is 46.4 Å². The van der Waals surface area contributed by atoms with Crippen molar-refractivity contribution in [3.05, 3.63) is 51.5 Å². The second-order valence-electron chi connectivity index (χ2n) is 6.76. The summed E-state index contributed by atoms with van der Waals surface area (Å²) in [4.78, 5) is 32.9. The molecule has 2 heterocycles. The summed E-state index contributed by atoms with van der Waals surface area (Å²) in [6, 6.07) is 8.17. The van der Waals surface area contributed by atoms with E-state index in [1.807, 2.05) is 35.4 Å². The number of amides is 2. The highest BCUT2D eigenvalue weighted by atomic mass is 32.1. The summed E-state index contributed by atoms with van der Waals surface area (Å²) in [7, 11) is 0. The maximum atomic E-state index is 12.6. The standard InChI is InChI=1S/C19H23N3O2S/c1-13(2)16-12-25-18(20-16)19(24)22-8-7-21(17(23)11-22)10-15-6-4-5-14(3)9-15/h4-6,9,12-13H,7-8,10-11H2,1-3H3. The van der Waals surface area contributed by atoms with E-state index in [0.717, 1.165) is 11.3 Å². The van der Waals surface area contributed by atoms with Crippen LogP contribution in [-0.4, -0.2) is 46.2 Å². The first-order valence-electron chi connectivity index (χ1n) is 8.52. The topological polar surface area (TPSA) is 53.5 Å². The van der Waals surface area contributed by atoms with Crippen LogP contribution in [-0.2, 0) is 11.3 Å². The molecule has 0 bridgehead atoms. The van der Waals surface area contributed by atoms with E-state index in [-0.39, 0.29) is 18.4 Å². The molecule has 0 spiro atoms. The average molecular weight is 357 g/mol. The molecule has 0 N–H and O–H groups in total. The van der Waals surface area contributed by atoms with E-state index in [4.69, 9.17) is 0 Å². The van der Waals surface area contributed by atoms with Crippen molar-refractivity contribution in [2.75, 3.05) is 19.6 Å². The normalized spacial score (nSPS) is 15.1. The fourth-order valence-electron chi connectivity index (χ4n) is 2.86. The lowest BCUT2D eigenvalue weighted by atomic mass is 10.1.